The van der Waals surface area contributed by atoms with Gasteiger partial charge >= 0.3 is 5.97 Å². The molecular formula is C16H19NO3. The van der Waals surface area contributed by atoms with Crippen molar-refractivity contribution in [1.82, 2.24) is 4.57 Å². The van der Waals surface area contributed by atoms with E-state index in [9.17, 15) is 4.79 Å². The first-order valence-electron chi connectivity index (χ1n) is 6.57. The molecule has 2 aromatic rings. The third-order valence-electron chi connectivity index (χ3n) is 3.47. The summed E-state index contributed by atoms with van der Waals surface area (Å²) in [5, 5.41) is 8.81. The lowest BCUT2D eigenvalue weighted by Crippen LogP contribution is -2.03. The number of ether oxygens (including phenoxy) is 1. The fourth-order valence-corrected chi connectivity index (χ4v) is 2.51. The van der Waals surface area contributed by atoms with E-state index in [0.717, 1.165) is 28.4 Å². The van der Waals surface area contributed by atoms with E-state index in [1.165, 1.54) is 0 Å². The van der Waals surface area contributed by atoms with Gasteiger partial charge < -0.3 is 14.4 Å². The van der Waals surface area contributed by atoms with Crippen LogP contribution in [-0.2, 0) is 11.2 Å². The van der Waals surface area contributed by atoms with E-state index in [4.69, 9.17) is 9.84 Å². The van der Waals surface area contributed by atoms with Crippen molar-refractivity contribution in [2.75, 3.05) is 7.11 Å². The zero-order valence-corrected chi connectivity index (χ0v) is 12.0. The third kappa shape index (κ3) is 2.69. The average Bonchev–Trinajstić information content (AvgIpc) is 2.71. The SMILES string of the molecule is COc1ccccc1-n1c(C)cc(CCC(=O)O)c1C. The van der Waals surface area contributed by atoms with Crippen LogP contribution in [0.1, 0.15) is 23.4 Å². The number of aromatic nitrogens is 1. The van der Waals surface area contributed by atoms with Crippen molar-refractivity contribution < 1.29 is 14.6 Å². The predicted molar refractivity (Wildman–Crippen MR) is 77.8 cm³/mol. The molecule has 0 radical (unpaired) electrons. The van der Waals surface area contributed by atoms with Gasteiger partial charge in [0.2, 0.25) is 0 Å². The monoisotopic (exact) mass is 273 g/mol. The minimum Gasteiger partial charge on any atom is -0.495 e. The first-order valence-corrected chi connectivity index (χ1v) is 6.57. The van der Waals surface area contributed by atoms with Crippen molar-refractivity contribution in [2.45, 2.75) is 26.7 Å². The first-order chi connectivity index (χ1) is 9.54. The second kappa shape index (κ2) is 5.82. The second-order valence-corrected chi connectivity index (χ2v) is 4.80. The molecule has 0 spiro atoms. The van der Waals surface area contributed by atoms with Gasteiger partial charge in [-0.2, -0.15) is 0 Å². The van der Waals surface area contributed by atoms with Gasteiger partial charge in [0, 0.05) is 17.8 Å². The molecule has 0 aliphatic heterocycles. The van der Waals surface area contributed by atoms with Crippen molar-refractivity contribution in [3.63, 3.8) is 0 Å². The van der Waals surface area contributed by atoms with Crippen LogP contribution in [0.4, 0.5) is 0 Å². The van der Waals surface area contributed by atoms with Crippen molar-refractivity contribution in [3.05, 3.63) is 47.3 Å². The summed E-state index contributed by atoms with van der Waals surface area (Å²) in [5.74, 6) is 0.0335. The highest BCUT2D eigenvalue weighted by molar-refractivity contribution is 5.67. The Labute approximate surface area is 118 Å². The Hall–Kier alpha value is -2.23. The lowest BCUT2D eigenvalue weighted by Gasteiger charge is -2.13. The maximum absolute atomic E-state index is 10.7. The maximum atomic E-state index is 10.7. The predicted octanol–water partition coefficient (Wildman–Crippen LogP) is 3.12. The topological polar surface area (TPSA) is 51.5 Å². The lowest BCUT2D eigenvalue weighted by atomic mass is 10.1. The molecule has 1 N–H and O–H groups in total. The molecule has 0 atom stereocenters. The quantitative estimate of drug-likeness (QED) is 0.910. The third-order valence-corrected chi connectivity index (χ3v) is 3.47. The van der Waals surface area contributed by atoms with Gasteiger partial charge in [-0.1, -0.05) is 12.1 Å². The standard InChI is InChI=1S/C16H19NO3/c1-11-10-13(8-9-16(18)19)12(2)17(11)14-6-4-5-7-15(14)20-3/h4-7,10H,8-9H2,1-3H3,(H,18,19). The molecule has 1 heterocycles. The van der Waals surface area contributed by atoms with Crippen molar-refractivity contribution >= 4 is 5.97 Å². The highest BCUT2D eigenvalue weighted by atomic mass is 16.5. The van der Waals surface area contributed by atoms with Crippen LogP contribution in [0.2, 0.25) is 0 Å². The van der Waals surface area contributed by atoms with Gasteiger partial charge in [-0.15, -0.1) is 0 Å². The zero-order valence-electron chi connectivity index (χ0n) is 12.0. The van der Waals surface area contributed by atoms with E-state index in [-0.39, 0.29) is 6.42 Å². The molecule has 1 aromatic heterocycles. The van der Waals surface area contributed by atoms with E-state index in [1.54, 1.807) is 7.11 Å². The summed E-state index contributed by atoms with van der Waals surface area (Å²) in [6, 6.07) is 9.87. The molecule has 4 heteroatoms. The summed E-state index contributed by atoms with van der Waals surface area (Å²) in [6.07, 6.45) is 0.695. The van der Waals surface area contributed by atoms with E-state index in [1.807, 2.05) is 44.2 Å². The number of carboxylic acid groups (broad SMARTS) is 1. The van der Waals surface area contributed by atoms with Gasteiger partial charge in [-0.25, -0.2) is 0 Å². The van der Waals surface area contributed by atoms with Gasteiger partial charge in [0.15, 0.2) is 0 Å². The molecule has 0 unspecified atom stereocenters. The van der Waals surface area contributed by atoms with Crippen molar-refractivity contribution in [3.8, 4) is 11.4 Å². The summed E-state index contributed by atoms with van der Waals surface area (Å²) in [4.78, 5) is 10.7. The Morgan fingerprint density at radius 3 is 2.65 bits per heavy atom. The molecule has 4 nitrogen and oxygen atoms in total. The largest absolute Gasteiger partial charge is 0.495 e. The lowest BCUT2D eigenvalue weighted by molar-refractivity contribution is -0.136. The summed E-state index contributed by atoms with van der Waals surface area (Å²) in [7, 11) is 1.65. The number of rotatable bonds is 5. The number of methoxy groups -OCH3 is 1. The van der Waals surface area contributed by atoms with Crippen LogP contribution < -0.4 is 4.74 Å². The van der Waals surface area contributed by atoms with E-state index >= 15 is 0 Å². The Bertz CT molecular complexity index is 629. The Kier molecular flexibility index (Phi) is 4.13. The van der Waals surface area contributed by atoms with Crippen LogP contribution in [0.25, 0.3) is 5.69 Å². The minimum atomic E-state index is -0.771. The normalized spacial score (nSPS) is 10.6. The highest BCUT2D eigenvalue weighted by Gasteiger charge is 2.14. The molecule has 0 aliphatic carbocycles. The van der Waals surface area contributed by atoms with Gasteiger partial charge in [-0.05, 0) is 44.0 Å². The van der Waals surface area contributed by atoms with Gasteiger partial charge in [0.1, 0.15) is 5.75 Å². The number of benzene rings is 1. The van der Waals surface area contributed by atoms with Crippen LogP contribution in [0.5, 0.6) is 5.75 Å². The number of nitrogens with zero attached hydrogens (tertiary/aromatic N) is 1. The van der Waals surface area contributed by atoms with Crippen molar-refractivity contribution in [1.29, 1.82) is 0 Å². The van der Waals surface area contributed by atoms with Gasteiger partial charge in [-0.3, -0.25) is 4.79 Å². The fourth-order valence-electron chi connectivity index (χ4n) is 2.51. The Balaban J connectivity index is 2.44. The number of para-hydroxylation sites is 2. The molecule has 0 amide bonds. The number of hydrogen-bond acceptors (Lipinski definition) is 2. The molecule has 20 heavy (non-hydrogen) atoms. The number of aliphatic carboxylic acids is 1. The van der Waals surface area contributed by atoms with Crippen LogP contribution in [0.3, 0.4) is 0 Å². The van der Waals surface area contributed by atoms with Crippen LogP contribution >= 0.6 is 0 Å². The molecule has 0 aliphatic rings. The van der Waals surface area contributed by atoms with Gasteiger partial charge in [0.05, 0.1) is 12.8 Å². The second-order valence-electron chi connectivity index (χ2n) is 4.80. The van der Waals surface area contributed by atoms with Gasteiger partial charge in [0.25, 0.3) is 0 Å². The molecule has 0 saturated carbocycles. The average molecular weight is 273 g/mol. The van der Waals surface area contributed by atoms with E-state index < -0.39 is 5.97 Å². The first kappa shape index (κ1) is 14.2. The maximum Gasteiger partial charge on any atom is 0.303 e. The molecule has 0 bridgehead atoms. The summed E-state index contributed by atoms with van der Waals surface area (Å²) >= 11 is 0. The molecule has 2 rings (SSSR count). The van der Waals surface area contributed by atoms with Crippen molar-refractivity contribution in [2.24, 2.45) is 0 Å². The van der Waals surface area contributed by atoms with Crippen LogP contribution in [0.15, 0.2) is 30.3 Å². The van der Waals surface area contributed by atoms with Crippen LogP contribution in [-0.4, -0.2) is 22.8 Å². The summed E-state index contributed by atoms with van der Waals surface area (Å²) < 4.78 is 7.51. The molecule has 0 saturated heterocycles. The van der Waals surface area contributed by atoms with Crippen LogP contribution in [0, 0.1) is 13.8 Å². The van der Waals surface area contributed by atoms with E-state index in [0.29, 0.717) is 6.42 Å². The number of aryl methyl sites for hydroxylation is 2. The molecule has 1 aromatic carbocycles. The highest BCUT2D eigenvalue weighted by Crippen LogP contribution is 2.28. The molecule has 106 valence electrons. The number of carbonyl (C=O) groups is 1. The number of carboxylic acids is 1. The smallest absolute Gasteiger partial charge is 0.303 e. The molecular weight excluding hydrogens is 254 g/mol. The fraction of sp³-hybridized carbons (Fsp3) is 0.312. The number of hydrogen-bond donors (Lipinski definition) is 1. The van der Waals surface area contributed by atoms with E-state index in [2.05, 4.69) is 4.57 Å². The molecule has 0 fully saturated rings. The summed E-state index contributed by atoms with van der Waals surface area (Å²) in [6.45, 7) is 4.03. The summed E-state index contributed by atoms with van der Waals surface area (Å²) in [5.41, 5.74) is 4.18. The Morgan fingerprint density at radius 2 is 2.00 bits per heavy atom. The zero-order chi connectivity index (χ0) is 14.7. The minimum absolute atomic E-state index is 0.149. The Morgan fingerprint density at radius 1 is 1.30 bits per heavy atom.